The van der Waals surface area contributed by atoms with E-state index < -0.39 is 0 Å². The second kappa shape index (κ2) is 8.76. The van der Waals surface area contributed by atoms with E-state index in [-0.39, 0.29) is 22.3 Å². The molecule has 0 aliphatic carbocycles. The highest BCUT2D eigenvalue weighted by atomic mass is 16.3. The van der Waals surface area contributed by atoms with E-state index in [9.17, 15) is 9.70 Å². The quantitative estimate of drug-likeness (QED) is 0.557. The number of aromatic nitrogens is 3. The monoisotopic (exact) mass is 460 g/mol. The van der Waals surface area contributed by atoms with Crippen molar-refractivity contribution in [2.75, 3.05) is 11.9 Å². The van der Waals surface area contributed by atoms with E-state index in [1.807, 2.05) is 24.3 Å². The SMILES string of the molecule is CN(c1ccc(-c2ccc(-c3ccc(=O)n(C)c3)cc2N=O)nn1)C1CC(C)(C)NC(C)(C)C1. The van der Waals surface area contributed by atoms with Gasteiger partial charge in [-0.05, 0) is 87.2 Å². The van der Waals surface area contributed by atoms with Gasteiger partial charge in [0.15, 0.2) is 5.82 Å². The number of nitroso groups, excluding NO2 is 1. The Morgan fingerprint density at radius 1 is 1.00 bits per heavy atom. The van der Waals surface area contributed by atoms with Crippen LogP contribution in [0.4, 0.5) is 11.5 Å². The van der Waals surface area contributed by atoms with Crippen molar-refractivity contribution in [1.82, 2.24) is 20.1 Å². The number of hydrogen-bond acceptors (Lipinski definition) is 7. The first-order valence-electron chi connectivity index (χ1n) is 11.5. The van der Waals surface area contributed by atoms with E-state index in [4.69, 9.17) is 0 Å². The van der Waals surface area contributed by atoms with Crippen molar-refractivity contribution < 1.29 is 0 Å². The van der Waals surface area contributed by atoms with Crippen molar-refractivity contribution in [1.29, 1.82) is 0 Å². The molecule has 1 fully saturated rings. The Bertz CT molecular complexity index is 1250. The third-order valence-electron chi connectivity index (χ3n) is 6.52. The van der Waals surface area contributed by atoms with Crippen molar-refractivity contribution >= 4 is 11.5 Å². The standard InChI is InChI=1S/C26H32N6O2/c1-25(2)14-19(15-26(3,4)30-25)32(6)23-11-10-21(27-28-23)20-9-7-17(13-22(20)29-34)18-8-12-24(33)31(5)16-18/h7-13,16,19,30H,14-15H2,1-6H3. The molecule has 8 heteroatoms. The maximum absolute atomic E-state index is 11.7. The van der Waals surface area contributed by atoms with Crippen LogP contribution in [0.5, 0.6) is 0 Å². The summed E-state index contributed by atoms with van der Waals surface area (Å²) in [6.45, 7) is 8.93. The van der Waals surface area contributed by atoms with Gasteiger partial charge in [0.25, 0.3) is 0 Å². The lowest BCUT2D eigenvalue weighted by Gasteiger charge is -2.49. The fraction of sp³-hybridized carbons (Fsp3) is 0.423. The molecule has 4 rings (SSSR count). The van der Waals surface area contributed by atoms with Crippen LogP contribution in [0.1, 0.15) is 40.5 Å². The van der Waals surface area contributed by atoms with Crippen LogP contribution in [-0.2, 0) is 7.05 Å². The summed E-state index contributed by atoms with van der Waals surface area (Å²) in [5.41, 5.74) is 3.09. The normalized spacial score (nSPS) is 17.4. The molecule has 0 spiro atoms. The Morgan fingerprint density at radius 2 is 1.68 bits per heavy atom. The van der Waals surface area contributed by atoms with Gasteiger partial charge in [-0.2, -0.15) is 0 Å². The summed E-state index contributed by atoms with van der Waals surface area (Å²) in [5, 5.41) is 15.8. The first-order chi connectivity index (χ1) is 16.0. The molecule has 1 saturated heterocycles. The molecule has 1 N–H and O–H groups in total. The van der Waals surface area contributed by atoms with Gasteiger partial charge < -0.3 is 14.8 Å². The molecule has 0 radical (unpaired) electrons. The number of nitrogens with zero attached hydrogens (tertiary/aromatic N) is 5. The second-order valence-corrected chi connectivity index (χ2v) is 10.5. The van der Waals surface area contributed by atoms with Crippen LogP contribution in [0.2, 0.25) is 0 Å². The van der Waals surface area contributed by atoms with E-state index in [1.54, 1.807) is 25.4 Å². The molecular formula is C26H32N6O2. The smallest absolute Gasteiger partial charge is 0.250 e. The molecule has 3 aromatic rings. The molecule has 2 aromatic heterocycles. The van der Waals surface area contributed by atoms with Crippen molar-refractivity contribution in [2.45, 2.75) is 57.7 Å². The van der Waals surface area contributed by atoms with E-state index in [2.05, 4.69) is 60.3 Å². The van der Waals surface area contributed by atoms with Crippen molar-refractivity contribution in [2.24, 2.45) is 12.2 Å². The predicted octanol–water partition coefficient (Wildman–Crippen LogP) is 4.65. The maximum atomic E-state index is 11.7. The predicted molar refractivity (Wildman–Crippen MR) is 136 cm³/mol. The minimum atomic E-state index is -0.0916. The van der Waals surface area contributed by atoms with Crippen LogP contribution in [0.3, 0.4) is 0 Å². The fourth-order valence-electron chi connectivity index (χ4n) is 5.15. The van der Waals surface area contributed by atoms with Crippen molar-refractivity contribution in [3.63, 3.8) is 0 Å². The Morgan fingerprint density at radius 3 is 2.26 bits per heavy atom. The highest BCUT2D eigenvalue weighted by Crippen LogP contribution is 2.35. The van der Waals surface area contributed by atoms with Gasteiger partial charge in [0.2, 0.25) is 5.56 Å². The lowest BCUT2D eigenvalue weighted by molar-refractivity contribution is 0.160. The van der Waals surface area contributed by atoms with E-state index in [0.29, 0.717) is 17.3 Å². The Labute approximate surface area is 200 Å². The van der Waals surface area contributed by atoms with Crippen LogP contribution in [-0.4, -0.2) is 38.9 Å². The van der Waals surface area contributed by atoms with Gasteiger partial charge in [0, 0.05) is 49.0 Å². The number of rotatable bonds is 5. The average Bonchev–Trinajstić information content (AvgIpc) is 2.78. The third kappa shape index (κ3) is 4.92. The molecule has 178 valence electrons. The summed E-state index contributed by atoms with van der Waals surface area (Å²) in [7, 11) is 3.76. The molecule has 1 aliphatic heterocycles. The van der Waals surface area contributed by atoms with E-state index >= 15 is 0 Å². The van der Waals surface area contributed by atoms with Gasteiger partial charge in [0.05, 0.1) is 5.69 Å². The average molecular weight is 461 g/mol. The number of nitrogens with one attached hydrogen (secondary N) is 1. The number of hydrogen-bond donors (Lipinski definition) is 1. The largest absolute Gasteiger partial charge is 0.355 e. The molecular weight excluding hydrogens is 428 g/mol. The molecule has 0 unspecified atom stereocenters. The molecule has 1 aliphatic rings. The van der Waals surface area contributed by atoms with Gasteiger partial charge >= 0.3 is 0 Å². The summed E-state index contributed by atoms with van der Waals surface area (Å²) >= 11 is 0. The molecule has 1 aromatic carbocycles. The number of aryl methyl sites for hydroxylation is 1. The molecule has 8 nitrogen and oxygen atoms in total. The Balaban J connectivity index is 1.59. The van der Waals surface area contributed by atoms with Gasteiger partial charge in [-0.15, -0.1) is 15.1 Å². The third-order valence-corrected chi connectivity index (χ3v) is 6.52. The Hall–Kier alpha value is -3.39. The number of piperidine rings is 1. The van der Waals surface area contributed by atoms with Crippen LogP contribution in [0.15, 0.2) is 58.6 Å². The maximum Gasteiger partial charge on any atom is 0.250 e. The van der Waals surface area contributed by atoms with Crippen LogP contribution in [0.25, 0.3) is 22.4 Å². The lowest BCUT2D eigenvalue weighted by atomic mass is 9.79. The summed E-state index contributed by atoms with van der Waals surface area (Å²) < 4.78 is 1.50. The van der Waals surface area contributed by atoms with Crippen LogP contribution < -0.4 is 15.8 Å². The van der Waals surface area contributed by atoms with Crippen LogP contribution >= 0.6 is 0 Å². The molecule has 0 saturated carbocycles. The fourth-order valence-corrected chi connectivity index (χ4v) is 5.15. The molecule has 0 bridgehead atoms. The first-order valence-corrected chi connectivity index (χ1v) is 11.5. The summed E-state index contributed by atoms with van der Waals surface area (Å²) in [6, 6.07) is 12.8. The van der Waals surface area contributed by atoms with Gasteiger partial charge in [-0.25, -0.2) is 0 Å². The highest BCUT2D eigenvalue weighted by molar-refractivity contribution is 5.79. The van der Waals surface area contributed by atoms with Gasteiger partial charge in [0.1, 0.15) is 5.69 Å². The number of benzene rings is 1. The molecule has 0 atom stereocenters. The van der Waals surface area contributed by atoms with Gasteiger partial charge in [-0.3, -0.25) is 4.79 Å². The molecule has 0 amide bonds. The van der Waals surface area contributed by atoms with E-state index in [0.717, 1.165) is 29.8 Å². The first kappa shape index (κ1) is 23.8. The minimum Gasteiger partial charge on any atom is -0.355 e. The topological polar surface area (TPSA) is 92.5 Å². The lowest BCUT2D eigenvalue weighted by Crippen LogP contribution is -2.62. The zero-order valence-electron chi connectivity index (χ0n) is 20.7. The zero-order chi connectivity index (χ0) is 24.7. The van der Waals surface area contributed by atoms with Crippen molar-refractivity contribution in [3.8, 4) is 22.4 Å². The molecule has 3 heterocycles. The zero-order valence-corrected chi connectivity index (χ0v) is 20.7. The van der Waals surface area contributed by atoms with Gasteiger partial charge in [-0.1, -0.05) is 6.07 Å². The molecule has 34 heavy (non-hydrogen) atoms. The number of anilines is 1. The summed E-state index contributed by atoms with van der Waals surface area (Å²) in [4.78, 5) is 25.5. The van der Waals surface area contributed by atoms with Crippen molar-refractivity contribution in [3.05, 3.63) is 63.9 Å². The number of pyridine rings is 1. The van der Waals surface area contributed by atoms with E-state index in [1.165, 1.54) is 10.6 Å². The summed E-state index contributed by atoms with van der Waals surface area (Å²) in [6.07, 6.45) is 3.74. The van der Waals surface area contributed by atoms with Crippen LogP contribution in [0, 0.1) is 4.91 Å². The highest BCUT2D eigenvalue weighted by Gasteiger charge is 2.39. The minimum absolute atomic E-state index is 0.0331. The Kier molecular flexibility index (Phi) is 6.12. The second-order valence-electron chi connectivity index (χ2n) is 10.5. The summed E-state index contributed by atoms with van der Waals surface area (Å²) in [5.74, 6) is 0.796.